The summed E-state index contributed by atoms with van der Waals surface area (Å²) in [6.07, 6.45) is 10.5. The molecule has 0 radical (unpaired) electrons. The first-order valence-corrected chi connectivity index (χ1v) is 10.1. The van der Waals surface area contributed by atoms with Crippen LogP contribution in [0.25, 0.3) is 0 Å². The fourth-order valence-corrected chi connectivity index (χ4v) is 5.88. The van der Waals surface area contributed by atoms with Crippen molar-refractivity contribution in [3.63, 3.8) is 0 Å². The lowest BCUT2D eigenvalue weighted by Crippen LogP contribution is -2.60. The normalized spacial score (nSPS) is 42.5. The topological polar surface area (TPSA) is 32.3 Å². The largest absolute Gasteiger partial charge is 0.314 e. The molecule has 3 aliphatic heterocycles. The summed E-state index contributed by atoms with van der Waals surface area (Å²) in [6.45, 7) is 3.43. The van der Waals surface area contributed by atoms with Crippen LogP contribution in [0.5, 0.6) is 0 Å². The molecule has 3 saturated heterocycles. The maximum atomic E-state index is 11.6. The molecule has 0 aromatic heterocycles. The molecule has 3 fully saturated rings. The molecule has 0 aromatic rings. The van der Waals surface area contributed by atoms with Gasteiger partial charge in [-0.3, -0.25) is 9.11 Å². The fourth-order valence-electron chi connectivity index (χ4n) is 4.61. The van der Waals surface area contributed by atoms with E-state index in [4.69, 9.17) is 0 Å². The third kappa shape index (κ3) is 3.28. The zero-order valence-corrected chi connectivity index (χ0v) is 13.7. The summed E-state index contributed by atoms with van der Waals surface area (Å²) >= 11 is 0. The van der Waals surface area contributed by atoms with Crippen LogP contribution in [-0.2, 0) is 10.8 Å². The van der Waals surface area contributed by atoms with Crippen molar-refractivity contribution in [2.75, 3.05) is 18.1 Å². The molecule has 0 saturated carbocycles. The quantitative estimate of drug-likeness (QED) is 0.864. The monoisotopic (exact) mass is 298 g/mol. The van der Waals surface area contributed by atoms with Gasteiger partial charge in [0.1, 0.15) is 0 Å². The van der Waals surface area contributed by atoms with E-state index in [1.807, 2.05) is 0 Å². The summed E-state index contributed by atoms with van der Waals surface area (Å²) in [4.78, 5) is 2.87. The van der Waals surface area contributed by atoms with E-state index in [2.05, 4.69) is 17.1 Å². The van der Waals surface area contributed by atoms with E-state index in [1.54, 1.807) is 0 Å². The van der Waals surface area contributed by atoms with Crippen LogP contribution in [0, 0.1) is 0 Å². The Labute approximate surface area is 126 Å². The number of piperidine rings is 2. The van der Waals surface area contributed by atoms with Gasteiger partial charge in [0.15, 0.2) is 0 Å². The summed E-state index contributed by atoms with van der Waals surface area (Å²) in [6, 6.07) is 3.08. The van der Waals surface area contributed by atoms with E-state index >= 15 is 0 Å². The third-order valence-electron chi connectivity index (χ3n) is 5.49. The van der Waals surface area contributed by atoms with Crippen LogP contribution in [0.1, 0.15) is 58.3 Å². The minimum Gasteiger partial charge on any atom is -0.314 e. The van der Waals surface area contributed by atoms with E-state index in [9.17, 15) is 4.21 Å². The first-order valence-electron chi connectivity index (χ1n) is 8.63. The zero-order chi connectivity index (χ0) is 13.9. The first kappa shape index (κ1) is 15.0. The van der Waals surface area contributed by atoms with Crippen molar-refractivity contribution in [1.82, 2.24) is 10.2 Å². The molecule has 0 aliphatic carbocycles. The molecule has 3 nitrogen and oxygen atoms in total. The maximum Gasteiger partial charge on any atom is 0.0249 e. The third-order valence-corrected chi connectivity index (χ3v) is 6.88. The minimum absolute atomic E-state index is 0.522. The Morgan fingerprint density at radius 1 is 1.05 bits per heavy atom. The van der Waals surface area contributed by atoms with Gasteiger partial charge in [0.25, 0.3) is 0 Å². The Morgan fingerprint density at radius 2 is 1.70 bits per heavy atom. The van der Waals surface area contributed by atoms with Gasteiger partial charge in [-0.15, -0.1) is 0 Å². The maximum absolute atomic E-state index is 11.6. The van der Waals surface area contributed by atoms with E-state index < -0.39 is 10.8 Å². The van der Waals surface area contributed by atoms with E-state index in [0.717, 1.165) is 35.7 Å². The van der Waals surface area contributed by atoms with E-state index in [0.29, 0.717) is 0 Å². The van der Waals surface area contributed by atoms with Crippen LogP contribution < -0.4 is 5.32 Å². The van der Waals surface area contributed by atoms with Crippen molar-refractivity contribution >= 4 is 10.8 Å². The average Bonchev–Trinajstić information content (AvgIpc) is 2.45. The highest BCUT2D eigenvalue weighted by Gasteiger charge is 2.41. The van der Waals surface area contributed by atoms with Crippen LogP contribution in [0.2, 0.25) is 0 Å². The standard InChI is InChI=1S/C16H30N2OS/c1-2-8-17-13-11-15-4-3-5-16(12-13)18(15)14-6-9-20(19)10-7-14/h13-17H,2-12H2,1H3. The number of hydrogen-bond acceptors (Lipinski definition) is 3. The Hall–Kier alpha value is 0.0700. The van der Waals surface area contributed by atoms with Crippen molar-refractivity contribution in [3.05, 3.63) is 0 Å². The first-order chi connectivity index (χ1) is 9.78. The zero-order valence-electron chi connectivity index (χ0n) is 12.9. The summed E-state index contributed by atoms with van der Waals surface area (Å²) in [7, 11) is -0.522. The fraction of sp³-hybridized carbons (Fsp3) is 1.00. The van der Waals surface area contributed by atoms with E-state index in [-0.39, 0.29) is 0 Å². The van der Waals surface area contributed by atoms with Gasteiger partial charge in [-0.1, -0.05) is 13.3 Å². The number of hydrogen-bond donors (Lipinski definition) is 1. The van der Waals surface area contributed by atoms with Gasteiger partial charge >= 0.3 is 0 Å². The molecular formula is C16H30N2OS. The summed E-state index contributed by atoms with van der Waals surface area (Å²) < 4.78 is 11.6. The van der Waals surface area contributed by atoms with Crippen LogP contribution in [0.15, 0.2) is 0 Å². The van der Waals surface area contributed by atoms with Gasteiger partial charge in [0.2, 0.25) is 0 Å². The molecule has 2 atom stereocenters. The second-order valence-electron chi connectivity index (χ2n) is 6.89. The highest BCUT2D eigenvalue weighted by molar-refractivity contribution is 7.85. The second kappa shape index (κ2) is 6.89. The van der Waals surface area contributed by atoms with Crippen LogP contribution in [-0.4, -0.2) is 51.3 Å². The van der Waals surface area contributed by atoms with Gasteiger partial charge in [-0.05, 0) is 51.5 Å². The van der Waals surface area contributed by atoms with Gasteiger partial charge in [0, 0.05) is 46.5 Å². The second-order valence-corrected chi connectivity index (χ2v) is 8.58. The number of nitrogens with one attached hydrogen (secondary N) is 1. The Balaban J connectivity index is 1.62. The highest BCUT2D eigenvalue weighted by Crippen LogP contribution is 2.37. The minimum atomic E-state index is -0.522. The number of nitrogens with zero attached hydrogens (tertiary/aromatic N) is 1. The lowest BCUT2D eigenvalue weighted by atomic mass is 9.80. The Bertz CT molecular complexity index is 325. The Kier molecular flexibility index (Phi) is 5.16. The van der Waals surface area contributed by atoms with Gasteiger partial charge in [-0.25, -0.2) is 0 Å². The predicted octanol–water partition coefficient (Wildman–Crippen LogP) is 2.28. The molecule has 116 valence electrons. The smallest absolute Gasteiger partial charge is 0.0249 e. The SMILES string of the molecule is CCCNC1CC2CCCC(C1)N2C1CCS(=O)CC1. The molecule has 0 aromatic carbocycles. The van der Waals surface area contributed by atoms with Gasteiger partial charge in [0.05, 0.1) is 0 Å². The summed E-state index contributed by atoms with van der Waals surface area (Å²) in [5.41, 5.74) is 0. The highest BCUT2D eigenvalue weighted by atomic mass is 32.2. The van der Waals surface area contributed by atoms with Crippen molar-refractivity contribution in [1.29, 1.82) is 0 Å². The molecule has 2 unspecified atom stereocenters. The molecule has 2 bridgehead atoms. The van der Waals surface area contributed by atoms with Crippen molar-refractivity contribution in [2.45, 2.75) is 82.5 Å². The number of fused-ring (bicyclic) bond motifs is 2. The van der Waals surface area contributed by atoms with E-state index in [1.165, 1.54) is 57.9 Å². The van der Waals surface area contributed by atoms with Gasteiger partial charge in [-0.2, -0.15) is 0 Å². The summed E-state index contributed by atoms with van der Waals surface area (Å²) in [5, 5.41) is 3.76. The Morgan fingerprint density at radius 3 is 2.30 bits per heavy atom. The van der Waals surface area contributed by atoms with Crippen LogP contribution in [0.4, 0.5) is 0 Å². The molecule has 0 spiro atoms. The van der Waals surface area contributed by atoms with Crippen molar-refractivity contribution < 1.29 is 4.21 Å². The lowest BCUT2D eigenvalue weighted by molar-refractivity contribution is -0.0135. The molecule has 20 heavy (non-hydrogen) atoms. The van der Waals surface area contributed by atoms with Crippen molar-refractivity contribution in [2.24, 2.45) is 0 Å². The molecule has 3 rings (SSSR count). The lowest BCUT2D eigenvalue weighted by Gasteiger charge is -2.53. The molecule has 3 aliphatic rings. The molecule has 1 N–H and O–H groups in total. The predicted molar refractivity (Wildman–Crippen MR) is 85.5 cm³/mol. The van der Waals surface area contributed by atoms with Crippen molar-refractivity contribution in [3.8, 4) is 0 Å². The molecule has 3 heterocycles. The number of rotatable bonds is 4. The van der Waals surface area contributed by atoms with Crippen LogP contribution in [0.3, 0.4) is 0 Å². The summed E-state index contributed by atoms with van der Waals surface area (Å²) in [5.74, 6) is 1.89. The average molecular weight is 298 g/mol. The van der Waals surface area contributed by atoms with Gasteiger partial charge < -0.3 is 5.32 Å². The molecule has 4 heteroatoms. The molecular weight excluding hydrogens is 268 g/mol. The van der Waals surface area contributed by atoms with Crippen LogP contribution >= 0.6 is 0 Å². The molecule has 0 amide bonds.